The molecule has 0 saturated carbocycles. The Morgan fingerprint density at radius 1 is 1.44 bits per heavy atom. The molecule has 0 aliphatic carbocycles. The second-order valence-corrected chi connectivity index (χ2v) is 5.27. The largest absolute Gasteiger partial charge is 0.348 e. The first kappa shape index (κ1) is 13.3. The van der Waals surface area contributed by atoms with Gasteiger partial charge < -0.3 is 5.32 Å². The minimum absolute atomic E-state index is 0.196. The SMILES string of the molecule is Cc1cscc1CNC(=O)c1cnc(Cl)c(Cl)c1. The fraction of sp³-hybridized carbons (Fsp3) is 0.167. The first-order valence-corrected chi connectivity index (χ1v) is 6.88. The number of hydrogen-bond donors (Lipinski definition) is 1. The van der Waals surface area contributed by atoms with Crippen molar-refractivity contribution in [2.24, 2.45) is 0 Å². The monoisotopic (exact) mass is 300 g/mol. The van der Waals surface area contributed by atoms with E-state index in [1.54, 1.807) is 11.3 Å². The molecule has 1 amide bonds. The van der Waals surface area contributed by atoms with Crippen LogP contribution in [0.25, 0.3) is 0 Å². The van der Waals surface area contributed by atoms with Gasteiger partial charge in [-0.05, 0) is 34.9 Å². The average molecular weight is 301 g/mol. The van der Waals surface area contributed by atoms with E-state index in [1.165, 1.54) is 17.8 Å². The van der Waals surface area contributed by atoms with Crippen molar-refractivity contribution in [3.8, 4) is 0 Å². The van der Waals surface area contributed by atoms with Crippen molar-refractivity contribution in [3.05, 3.63) is 49.9 Å². The van der Waals surface area contributed by atoms with Crippen molar-refractivity contribution in [2.45, 2.75) is 13.5 Å². The van der Waals surface area contributed by atoms with E-state index >= 15 is 0 Å². The van der Waals surface area contributed by atoms with E-state index < -0.39 is 0 Å². The smallest absolute Gasteiger partial charge is 0.253 e. The molecule has 0 spiro atoms. The van der Waals surface area contributed by atoms with Crippen LogP contribution in [0.1, 0.15) is 21.5 Å². The normalized spacial score (nSPS) is 10.4. The molecule has 0 aliphatic heterocycles. The van der Waals surface area contributed by atoms with E-state index in [-0.39, 0.29) is 16.1 Å². The predicted molar refractivity (Wildman–Crippen MR) is 74.5 cm³/mol. The van der Waals surface area contributed by atoms with Gasteiger partial charge in [-0.3, -0.25) is 4.79 Å². The first-order valence-electron chi connectivity index (χ1n) is 5.19. The van der Waals surface area contributed by atoms with Crippen LogP contribution >= 0.6 is 34.5 Å². The fourth-order valence-corrected chi connectivity index (χ4v) is 2.52. The maximum atomic E-state index is 11.9. The number of nitrogens with one attached hydrogen (secondary N) is 1. The Labute approximate surface area is 119 Å². The maximum Gasteiger partial charge on any atom is 0.253 e. The molecule has 0 bridgehead atoms. The Hall–Kier alpha value is -1.10. The van der Waals surface area contributed by atoms with E-state index in [4.69, 9.17) is 23.2 Å². The quantitative estimate of drug-likeness (QED) is 0.879. The number of aromatic nitrogens is 1. The summed E-state index contributed by atoms with van der Waals surface area (Å²) in [7, 11) is 0. The van der Waals surface area contributed by atoms with Gasteiger partial charge in [-0.1, -0.05) is 23.2 Å². The van der Waals surface area contributed by atoms with Crippen molar-refractivity contribution < 1.29 is 4.79 Å². The molecule has 0 fully saturated rings. The average Bonchev–Trinajstić information content (AvgIpc) is 2.75. The van der Waals surface area contributed by atoms with E-state index in [0.29, 0.717) is 12.1 Å². The molecule has 94 valence electrons. The standard InChI is InChI=1S/C12H10Cl2N2OS/c1-7-5-18-6-9(7)4-16-12(17)8-2-10(13)11(14)15-3-8/h2-3,5-6H,4H2,1H3,(H,16,17). The summed E-state index contributed by atoms with van der Waals surface area (Å²) in [4.78, 5) is 15.7. The van der Waals surface area contributed by atoms with Gasteiger partial charge in [0.15, 0.2) is 0 Å². The zero-order valence-electron chi connectivity index (χ0n) is 9.54. The minimum atomic E-state index is -0.216. The Morgan fingerprint density at radius 2 is 2.22 bits per heavy atom. The highest BCUT2D eigenvalue weighted by atomic mass is 35.5. The number of hydrogen-bond acceptors (Lipinski definition) is 3. The number of nitrogens with zero attached hydrogens (tertiary/aromatic N) is 1. The number of carbonyl (C=O) groups is 1. The Kier molecular flexibility index (Phi) is 4.22. The molecule has 2 aromatic heterocycles. The van der Waals surface area contributed by atoms with Gasteiger partial charge in [-0.25, -0.2) is 4.98 Å². The Morgan fingerprint density at radius 3 is 2.83 bits per heavy atom. The van der Waals surface area contributed by atoms with Crippen LogP contribution in [0.5, 0.6) is 0 Å². The van der Waals surface area contributed by atoms with E-state index in [9.17, 15) is 4.79 Å². The second-order valence-electron chi connectivity index (χ2n) is 3.76. The molecule has 1 N–H and O–H groups in total. The minimum Gasteiger partial charge on any atom is -0.348 e. The molecule has 6 heteroatoms. The van der Waals surface area contributed by atoms with E-state index in [0.717, 1.165) is 5.56 Å². The zero-order valence-corrected chi connectivity index (χ0v) is 11.9. The maximum absolute atomic E-state index is 11.9. The molecule has 0 radical (unpaired) electrons. The van der Waals surface area contributed by atoms with Crippen LogP contribution in [-0.2, 0) is 6.54 Å². The topological polar surface area (TPSA) is 42.0 Å². The highest BCUT2D eigenvalue weighted by Gasteiger charge is 2.09. The molecule has 0 atom stereocenters. The van der Waals surface area contributed by atoms with Crippen molar-refractivity contribution in [2.75, 3.05) is 0 Å². The summed E-state index contributed by atoms with van der Waals surface area (Å²) >= 11 is 13.1. The number of rotatable bonds is 3. The Bertz CT molecular complexity index is 583. The molecule has 18 heavy (non-hydrogen) atoms. The van der Waals surface area contributed by atoms with Crippen LogP contribution in [0.2, 0.25) is 10.2 Å². The molecule has 0 aromatic carbocycles. The molecule has 0 unspecified atom stereocenters. The first-order chi connectivity index (χ1) is 8.58. The number of carbonyl (C=O) groups excluding carboxylic acids is 1. The summed E-state index contributed by atoms with van der Waals surface area (Å²) < 4.78 is 0. The third-order valence-electron chi connectivity index (χ3n) is 2.46. The summed E-state index contributed by atoms with van der Waals surface area (Å²) in [5.74, 6) is -0.216. The van der Waals surface area contributed by atoms with Crippen LogP contribution in [0.4, 0.5) is 0 Å². The van der Waals surface area contributed by atoms with Crippen LogP contribution in [0, 0.1) is 6.92 Å². The van der Waals surface area contributed by atoms with E-state index in [2.05, 4.69) is 10.3 Å². The molecular weight excluding hydrogens is 291 g/mol. The summed E-state index contributed by atoms with van der Waals surface area (Å²) in [5.41, 5.74) is 2.69. The van der Waals surface area contributed by atoms with Crippen molar-refractivity contribution in [3.63, 3.8) is 0 Å². The van der Waals surface area contributed by atoms with Crippen LogP contribution in [-0.4, -0.2) is 10.9 Å². The number of amides is 1. The molecule has 2 rings (SSSR count). The summed E-state index contributed by atoms with van der Waals surface area (Å²) in [6.07, 6.45) is 1.41. The summed E-state index contributed by atoms with van der Waals surface area (Å²) in [5, 5.41) is 7.35. The molecule has 3 nitrogen and oxygen atoms in total. The van der Waals surface area contributed by atoms with Crippen LogP contribution < -0.4 is 5.32 Å². The number of thiophene rings is 1. The van der Waals surface area contributed by atoms with Gasteiger partial charge in [-0.15, -0.1) is 0 Å². The third kappa shape index (κ3) is 3.02. The van der Waals surface area contributed by atoms with Crippen molar-refractivity contribution in [1.82, 2.24) is 10.3 Å². The predicted octanol–water partition coefficient (Wildman–Crippen LogP) is 3.69. The third-order valence-corrected chi connectivity index (χ3v) is 4.06. The lowest BCUT2D eigenvalue weighted by atomic mass is 10.2. The van der Waals surface area contributed by atoms with Gasteiger partial charge in [-0.2, -0.15) is 11.3 Å². The highest BCUT2D eigenvalue weighted by Crippen LogP contribution is 2.19. The summed E-state index contributed by atoms with van der Waals surface area (Å²) in [6, 6.07) is 1.51. The fourth-order valence-electron chi connectivity index (χ4n) is 1.39. The van der Waals surface area contributed by atoms with Crippen molar-refractivity contribution >= 4 is 40.4 Å². The lowest BCUT2D eigenvalue weighted by Crippen LogP contribution is -2.23. The van der Waals surface area contributed by atoms with Gasteiger partial charge in [0.2, 0.25) is 0 Å². The van der Waals surface area contributed by atoms with Crippen LogP contribution in [0.15, 0.2) is 23.0 Å². The van der Waals surface area contributed by atoms with Gasteiger partial charge in [0.05, 0.1) is 10.6 Å². The number of aryl methyl sites for hydroxylation is 1. The van der Waals surface area contributed by atoms with Gasteiger partial charge in [0.25, 0.3) is 5.91 Å². The van der Waals surface area contributed by atoms with Gasteiger partial charge >= 0.3 is 0 Å². The highest BCUT2D eigenvalue weighted by molar-refractivity contribution is 7.08. The van der Waals surface area contributed by atoms with Crippen molar-refractivity contribution in [1.29, 1.82) is 0 Å². The Balaban J connectivity index is 2.04. The van der Waals surface area contributed by atoms with E-state index in [1.807, 2.05) is 17.7 Å². The molecule has 2 aromatic rings. The number of halogens is 2. The molecule has 2 heterocycles. The zero-order chi connectivity index (χ0) is 13.1. The van der Waals surface area contributed by atoms with Crippen LogP contribution in [0.3, 0.4) is 0 Å². The second kappa shape index (κ2) is 5.69. The molecule has 0 aliphatic rings. The van der Waals surface area contributed by atoms with Gasteiger partial charge in [0.1, 0.15) is 5.15 Å². The lowest BCUT2D eigenvalue weighted by molar-refractivity contribution is 0.0950. The summed E-state index contributed by atoms with van der Waals surface area (Å²) in [6.45, 7) is 2.51. The van der Waals surface area contributed by atoms with Gasteiger partial charge in [0, 0.05) is 12.7 Å². The molecular formula is C12H10Cl2N2OS. The number of pyridine rings is 1. The molecule has 0 saturated heterocycles. The lowest BCUT2D eigenvalue weighted by Gasteiger charge is -2.05.